The van der Waals surface area contributed by atoms with Crippen molar-refractivity contribution in [3.05, 3.63) is 36.0 Å². The van der Waals surface area contributed by atoms with Gasteiger partial charge in [-0.05, 0) is 36.3 Å². The van der Waals surface area contributed by atoms with Crippen molar-refractivity contribution in [2.45, 2.75) is 64.7 Å². The molecule has 0 radical (unpaired) electrons. The predicted octanol–water partition coefficient (Wildman–Crippen LogP) is 1.21. The summed E-state index contributed by atoms with van der Waals surface area (Å²) in [6, 6.07) is 3.68. The van der Waals surface area contributed by atoms with Crippen molar-refractivity contribution in [3.63, 3.8) is 0 Å². The zero-order valence-electron chi connectivity index (χ0n) is 21.1. The van der Waals surface area contributed by atoms with E-state index < -0.39 is 47.9 Å². The van der Waals surface area contributed by atoms with Crippen molar-refractivity contribution in [3.8, 4) is 0 Å². The minimum atomic E-state index is -1.15. The van der Waals surface area contributed by atoms with Crippen LogP contribution < -0.4 is 21.7 Å². The maximum Gasteiger partial charge on any atom is 0.326 e. The maximum atomic E-state index is 13.0. The predicted molar refractivity (Wildman–Crippen MR) is 142 cm³/mol. The fourth-order valence-electron chi connectivity index (χ4n) is 3.85. The van der Waals surface area contributed by atoms with Crippen LogP contribution in [0.2, 0.25) is 0 Å². The summed E-state index contributed by atoms with van der Waals surface area (Å²) in [6.07, 6.45) is 2.33. The third-order valence-corrected chi connectivity index (χ3v) is 6.20. The first kappa shape index (κ1) is 29.2. The Kier molecular flexibility index (Phi) is 10.8. The van der Waals surface area contributed by atoms with Gasteiger partial charge in [0, 0.05) is 22.9 Å². The van der Waals surface area contributed by atoms with Crippen LogP contribution in [0.15, 0.2) is 30.5 Å². The second kappa shape index (κ2) is 13.3. The molecule has 0 spiro atoms. The Morgan fingerprint density at radius 2 is 1.61 bits per heavy atom. The molecule has 2 rings (SSSR count). The molecule has 11 heteroatoms. The highest BCUT2D eigenvalue weighted by atomic mass is 32.1. The number of aromatic nitrogens is 1. The molecule has 0 bridgehead atoms. The number of carboxylic acid groups (broad SMARTS) is 1. The largest absolute Gasteiger partial charge is 0.480 e. The normalized spacial score (nSPS) is 14.8. The number of thiol groups is 1. The van der Waals surface area contributed by atoms with E-state index in [2.05, 4.69) is 33.6 Å². The molecular weight excluding hydrogens is 482 g/mol. The SMILES string of the molecule is CC(C)CC(NC(=O)C(CS)NC(=O)C(NC(=O)C(N)Cc1c[nH]c2ccccc12)C(C)C)C(=O)O. The Bertz CT molecular complexity index is 1070. The Labute approximate surface area is 216 Å². The summed E-state index contributed by atoms with van der Waals surface area (Å²) in [5.41, 5.74) is 7.98. The van der Waals surface area contributed by atoms with Crippen LogP contribution in [-0.2, 0) is 25.6 Å². The third kappa shape index (κ3) is 7.99. The van der Waals surface area contributed by atoms with E-state index in [1.54, 1.807) is 13.8 Å². The van der Waals surface area contributed by atoms with E-state index in [0.29, 0.717) is 0 Å². The van der Waals surface area contributed by atoms with E-state index in [1.807, 2.05) is 44.3 Å². The van der Waals surface area contributed by atoms with E-state index in [9.17, 15) is 24.3 Å². The number of nitrogens with two attached hydrogens (primary N) is 1. The quantitative estimate of drug-likeness (QED) is 0.196. The molecule has 0 saturated carbocycles. The van der Waals surface area contributed by atoms with E-state index in [1.165, 1.54) is 0 Å². The van der Waals surface area contributed by atoms with Crippen LogP contribution in [0.3, 0.4) is 0 Å². The van der Waals surface area contributed by atoms with Crippen LogP contribution in [0.1, 0.15) is 39.7 Å². The highest BCUT2D eigenvalue weighted by Crippen LogP contribution is 2.19. The molecule has 2 aromatic rings. The van der Waals surface area contributed by atoms with Crippen molar-refractivity contribution in [2.75, 3.05) is 5.75 Å². The zero-order chi connectivity index (χ0) is 27.0. The number of amides is 3. The summed E-state index contributed by atoms with van der Waals surface area (Å²) in [5, 5.41) is 18.1. The number of hydrogen-bond donors (Lipinski definition) is 7. The summed E-state index contributed by atoms with van der Waals surface area (Å²) in [5.74, 6) is -3.19. The maximum absolute atomic E-state index is 13.0. The van der Waals surface area contributed by atoms with Crippen molar-refractivity contribution in [2.24, 2.45) is 17.6 Å². The van der Waals surface area contributed by atoms with E-state index in [-0.39, 0.29) is 30.4 Å². The number of para-hydroxylation sites is 1. The van der Waals surface area contributed by atoms with Crippen LogP contribution in [0.4, 0.5) is 0 Å². The molecule has 4 atom stereocenters. The third-order valence-electron chi connectivity index (χ3n) is 5.84. The monoisotopic (exact) mass is 519 g/mol. The number of nitrogens with one attached hydrogen (secondary N) is 4. The molecule has 10 nitrogen and oxygen atoms in total. The van der Waals surface area contributed by atoms with Crippen LogP contribution in [-0.4, -0.2) is 63.7 Å². The number of aliphatic carboxylic acids is 1. The lowest BCUT2D eigenvalue weighted by molar-refractivity contribution is -0.142. The number of benzene rings is 1. The minimum absolute atomic E-state index is 0.0458. The number of aromatic amines is 1. The Balaban J connectivity index is 2.03. The van der Waals surface area contributed by atoms with Gasteiger partial charge in [-0.15, -0.1) is 0 Å². The highest BCUT2D eigenvalue weighted by Gasteiger charge is 2.31. The van der Waals surface area contributed by atoms with Gasteiger partial charge in [0.25, 0.3) is 0 Å². The van der Waals surface area contributed by atoms with Crippen molar-refractivity contribution >= 4 is 47.2 Å². The molecule has 7 N–H and O–H groups in total. The standard InChI is InChI=1S/C25H37N5O5S/c1-13(2)9-19(25(34)35)28-23(32)20(12-36)29-24(33)21(14(3)4)30-22(31)17(26)10-15-11-27-18-8-6-5-7-16(15)18/h5-8,11,13-14,17,19-21,27,36H,9-10,12,26H2,1-4H3,(H,28,32)(H,29,33)(H,30,31)(H,34,35). The van der Waals surface area contributed by atoms with Gasteiger partial charge in [-0.1, -0.05) is 45.9 Å². The molecule has 0 aliphatic carbocycles. The van der Waals surface area contributed by atoms with Crippen LogP contribution in [0, 0.1) is 11.8 Å². The topological polar surface area (TPSA) is 166 Å². The van der Waals surface area contributed by atoms with E-state index >= 15 is 0 Å². The molecule has 0 aliphatic heterocycles. The van der Waals surface area contributed by atoms with Gasteiger partial charge < -0.3 is 31.8 Å². The lowest BCUT2D eigenvalue weighted by Crippen LogP contribution is -2.59. The van der Waals surface area contributed by atoms with E-state index in [4.69, 9.17) is 5.73 Å². The Morgan fingerprint density at radius 3 is 2.19 bits per heavy atom. The molecule has 1 heterocycles. The Hall–Kier alpha value is -3.05. The first-order valence-electron chi connectivity index (χ1n) is 12.0. The molecule has 0 aliphatic rings. The highest BCUT2D eigenvalue weighted by molar-refractivity contribution is 7.80. The van der Waals surface area contributed by atoms with Gasteiger partial charge >= 0.3 is 5.97 Å². The number of rotatable bonds is 13. The smallest absolute Gasteiger partial charge is 0.326 e. The molecule has 4 unspecified atom stereocenters. The van der Waals surface area contributed by atoms with Gasteiger partial charge in [0.05, 0.1) is 6.04 Å². The lowest BCUT2D eigenvalue weighted by Gasteiger charge is -2.26. The van der Waals surface area contributed by atoms with Crippen molar-refractivity contribution in [1.82, 2.24) is 20.9 Å². The van der Waals surface area contributed by atoms with Crippen LogP contribution in [0.25, 0.3) is 10.9 Å². The number of fused-ring (bicyclic) bond motifs is 1. The van der Waals surface area contributed by atoms with Gasteiger partial charge in [0.1, 0.15) is 18.1 Å². The summed E-state index contributed by atoms with van der Waals surface area (Å²) in [4.78, 5) is 53.2. The molecule has 36 heavy (non-hydrogen) atoms. The zero-order valence-corrected chi connectivity index (χ0v) is 22.0. The fourth-order valence-corrected chi connectivity index (χ4v) is 4.10. The van der Waals surface area contributed by atoms with Gasteiger partial charge in [0.2, 0.25) is 17.7 Å². The second-order valence-corrected chi connectivity index (χ2v) is 10.0. The Morgan fingerprint density at radius 1 is 0.972 bits per heavy atom. The number of H-pyrrole nitrogens is 1. The first-order chi connectivity index (χ1) is 16.9. The average Bonchev–Trinajstić information content (AvgIpc) is 3.22. The van der Waals surface area contributed by atoms with Gasteiger partial charge in [-0.2, -0.15) is 12.6 Å². The second-order valence-electron chi connectivity index (χ2n) is 9.67. The van der Waals surface area contributed by atoms with Crippen molar-refractivity contribution in [1.29, 1.82) is 0 Å². The summed E-state index contributed by atoms with van der Waals surface area (Å²) >= 11 is 4.14. The molecular formula is C25H37N5O5S. The molecule has 0 fully saturated rings. The molecule has 1 aromatic carbocycles. The molecule has 198 valence electrons. The summed E-state index contributed by atoms with van der Waals surface area (Å²) < 4.78 is 0. The lowest BCUT2D eigenvalue weighted by atomic mass is 10.0. The van der Waals surface area contributed by atoms with Gasteiger partial charge in [0.15, 0.2) is 0 Å². The van der Waals surface area contributed by atoms with Gasteiger partial charge in [-0.3, -0.25) is 14.4 Å². The van der Waals surface area contributed by atoms with Crippen molar-refractivity contribution < 1.29 is 24.3 Å². The van der Waals surface area contributed by atoms with Crippen LogP contribution >= 0.6 is 12.6 Å². The first-order valence-corrected chi connectivity index (χ1v) is 12.6. The number of carboxylic acids is 1. The number of carbonyl (C=O) groups excluding carboxylic acids is 3. The fraction of sp³-hybridized carbons (Fsp3) is 0.520. The van der Waals surface area contributed by atoms with Crippen LogP contribution in [0.5, 0.6) is 0 Å². The molecule has 3 amide bonds. The average molecular weight is 520 g/mol. The minimum Gasteiger partial charge on any atom is -0.480 e. The molecule has 0 saturated heterocycles. The summed E-state index contributed by atoms with van der Waals surface area (Å²) in [7, 11) is 0. The molecule has 1 aromatic heterocycles. The number of hydrogen-bond acceptors (Lipinski definition) is 6. The van der Waals surface area contributed by atoms with E-state index in [0.717, 1.165) is 16.5 Å². The number of carbonyl (C=O) groups is 4. The summed E-state index contributed by atoms with van der Waals surface area (Å²) in [6.45, 7) is 7.21. The van der Waals surface area contributed by atoms with Gasteiger partial charge in [-0.25, -0.2) is 4.79 Å².